The van der Waals surface area contributed by atoms with Gasteiger partial charge in [-0.05, 0) is 58.3 Å². The van der Waals surface area contributed by atoms with Crippen LogP contribution in [0.3, 0.4) is 0 Å². The molecule has 0 unspecified atom stereocenters. The van der Waals surface area contributed by atoms with E-state index in [0.29, 0.717) is 64.5 Å². The number of nitrogens with one attached hydrogen (secondary N) is 5. The van der Waals surface area contributed by atoms with Crippen molar-refractivity contribution in [3.63, 3.8) is 0 Å². The summed E-state index contributed by atoms with van der Waals surface area (Å²) in [6.45, 7) is 2.96. The van der Waals surface area contributed by atoms with Crippen LogP contribution in [0.4, 0.5) is 0 Å². The Kier molecular flexibility index (Phi) is 42.9. The van der Waals surface area contributed by atoms with Crippen molar-refractivity contribution >= 4 is 52.8 Å². The van der Waals surface area contributed by atoms with Crippen molar-refractivity contribution in [2.24, 2.45) is 5.73 Å². The van der Waals surface area contributed by atoms with Gasteiger partial charge in [0.25, 0.3) is 0 Å². The lowest BCUT2D eigenvalue weighted by Crippen LogP contribution is -2.45. The van der Waals surface area contributed by atoms with Crippen LogP contribution in [-0.4, -0.2) is 164 Å². The van der Waals surface area contributed by atoms with Crippen molar-refractivity contribution in [1.29, 1.82) is 0 Å². The van der Waals surface area contributed by atoms with Gasteiger partial charge in [0.1, 0.15) is 36.6 Å². The topological polar surface area (TPSA) is 334 Å². The van der Waals surface area contributed by atoms with Gasteiger partial charge in [0.2, 0.25) is 17.7 Å². The number of H-pyrrole nitrogens is 1. The van der Waals surface area contributed by atoms with E-state index in [0.717, 1.165) is 50.6 Å². The second-order valence-corrected chi connectivity index (χ2v) is 19.3. The molecular weight excluding hydrogens is 987 g/mol. The Labute approximate surface area is 450 Å². The monoisotopic (exact) mass is 1080 g/mol. The number of ketones is 4. The minimum absolute atomic E-state index is 0.00558. The van der Waals surface area contributed by atoms with Crippen LogP contribution in [0.25, 0.3) is 0 Å². The van der Waals surface area contributed by atoms with E-state index in [9.17, 15) is 48.3 Å². The molecule has 0 aliphatic heterocycles. The zero-order valence-electron chi connectivity index (χ0n) is 45.5. The normalized spacial score (nSPS) is 12.4. The fraction of sp³-hybridized carbons (Fsp3) is 0.778. The summed E-state index contributed by atoms with van der Waals surface area (Å²) in [7, 11) is 0. The highest BCUT2D eigenvalue weighted by Crippen LogP contribution is 2.15. The van der Waals surface area contributed by atoms with Crippen LogP contribution in [0.5, 0.6) is 0 Å². The van der Waals surface area contributed by atoms with Gasteiger partial charge in [-0.15, -0.1) is 0 Å². The lowest BCUT2D eigenvalue weighted by Gasteiger charge is -2.19. The van der Waals surface area contributed by atoms with E-state index in [2.05, 4.69) is 31.2 Å². The summed E-state index contributed by atoms with van der Waals surface area (Å²) in [5, 5.41) is 29.3. The van der Waals surface area contributed by atoms with Gasteiger partial charge in [-0.1, -0.05) is 77.0 Å². The number of hydrogen-bond donors (Lipinski definition) is 8. The Morgan fingerprint density at radius 3 is 1.68 bits per heavy atom. The van der Waals surface area contributed by atoms with E-state index >= 15 is 0 Å². The highest BCUT2D eigenvalue weighted by atomic mass is 16.5. The van der Waals surface area contributed by atoms with E-state index in [1.807, 2.05) is 0 Å². The molecule has 0 aliphatic carbocycles. The fourth-order valence-electron chi connectivity index (χ4n) is 8.01. The molecule has 434 valence electrons. The number of aliphatic carboxylic acids is 2. The van der Waals surface area contributed by atoms with Gasteiger partial charge in [0.15, 0.2) is 5.78 Å². The number of nitrogens with two attached hydrogens (primary N) is 1. The summed E-state index contributed by atoms with van der Waals surface area (Å²) in [4.78, 5) is 115. The minimum atomic E-state index is -1.17. The molecule has 0 fully saturated rings. The molecule has 9 N–H and O–H groups in total. The SMILES string of the molecule is CC(=O)CCCC(=O)[C@@H](CCCCNC(=O)COCCOCCNC(=O)COCCOCCCC(=O)CC[C@H](NC(=O)CCCCCCCCCCCCCCCCC(=O)O)C(=O)O)NCC(=O)[C@@H](N)Cc1cnc[nH]1. The molecule has 0 saturated heterocycles. The van der Waals surface area contributed by atoms with Gasteiger partial charge >= 0.3 is 11.9 Å². The van der Waals surface area contributed by atoms with Crippen molar-refractivity contribution in [1.82, 2.24) is 31.2 Å². The van der Waals surface area contributed by atoms with Crippen LogP contribution in [0, 0.1) is 0 Å². The number of carboxylic acids is 2. The maximum absolute atomic E-state index is 12.9. The molecule has 0 spiro atoms. The molecule has 3 atom stereocenters. The average Bonchev–Trinajstić information content (AvgIpc) is 3.90. The number of imidazole rings is 1. The molecule has 0 aliphatic rings. The highest BCUT2D eigenvalue weighted by Gasteiger charge is 2.23. The van der Waals surface area contributed by atoms with E-state index in [-0.39, 0.29) is 139 Å². The van der Waals surface area contributed by atoms with Gasteiger partial charge in [-0.2, -0.15) is 0 Å². The van der Waals surface area contributed by atoms with Crippen LogP contribution in [0.2, 0.25) is 0 Å². The van der Waals surface area contributed by atoms with Crippen molar-refractivity contribution in [3.8, 4) is 0 Å². The summed E-state index contributed by atoms with van der Waals surface area (Å²) in [6.07, 6.45) is 22.2. The standard InChI is InChI=1S/C54H93N7O15/c1-42(62)20-18-23-48(64)46(59-38-49(65)45(55)36-43-37-56-41-60-43)22-16-17-28-57-51(67)39-76-35-33-74-31-29-58-52(68)40-75-34-32-73-30-19-21-44(63)26-27-47(54(71)72)61-50(66)24-14-12-10-8-6-4-2-3-5-7-9-11-13-15-25-53(69)70/h37,41,45-47,59H,2-36,38-40,55H2,1H3,(H,56,60)(H,57,67)(H,58,68)(H,61,66)(H,69,70)(H,71,72)/t45-,46+,47-/m0/s1. The van der Waals surface area contributed by atoms with Crippen LogP contribution in [0.15, 0.2) is 12.5 Å². The Balaban J connectivity index is 2.00. The second-order valence-electron chi connectivity index (χ2n) is 19.3. The summed E-state index contributed by atoms with van der Waals surface area (Å²) in [5.74, 6) is -3.28. The molecular formula is C54H93N7O15. The molecule has 22 heteroatoms. The molecule has 0 aromatic carbocycles. The van der Waals surface area contributed by atoms with Gasteiger partial charge in [0.05, 0.1) is 58.0 Å². The number of amides is 3. The first-order valence-corrected chi connectivity index (χ1v) is 27.8. The van der Waals surface area contributed by atoms with Gasteiger partial charge in [-0.3, -0.25) is 33.6 Å². The number of carbonyl (C=O) groups excluding carboxylic acids is 7. The maximum atomic E-state index is 12.9. The maximum Gasteiger partial charge on any atom is 0.326 e. The zero-order valence-corrected chi connectivity index (χ0v) is 45.5. The third-order valence-electron chi connectivity index (χ3n) is 12.4. The number of nitrogens with zero attached hydrogens (tertiary/aromatic N) is 1. The first kappa shape index (κ1) is 69.0. The van der Waals surface area contributed by atoms with Crippen LogP contribution >= 0.6 is 0 Å². The number of unbranched alkanes of at least 4 members (excludes halogenated alkanes) is 14. The van der Waals surface area contributed by atoms with Gasteiger partial charge < -0.3 is 65.9 Å². The number of ether oxygens (including phenoxy) is 4. The summed E-state index contributed by atoms with van der Waals surface area (Å²) < 4.78 is 21.6. The third kappa shape index (κ3) is 42.2. The fourth-order valence-corrected chi connectivity index (χ4v) is 8.01. The molecule has 76 heavy (non-hydrogen) atoms. The van der Waals surface area contributed by atoms with Crippen molar-refractivity contribution < 1.29 is 72.3 Å². The predicted molar refractivity (Wildman–Crippen MR) is 284 cm³/mol. The van der Waals surface area contributed by atoms with E-state index < -0.39 is 30.1 Å². The number of carboxylic acid groups (broad SMARTS) is 2. The van der Waals surface area contributed by atoms with E-state index in [4.69, 9.17) is 29.8 Å². The van der Waals surface area contributed by atoms with Crippen LogP contribution < -0.4 is 27.0 Å². The van der Waals surface area contributed by atoms with Crippen LogP contribution in [-0.2, 0) is 68.5 Å². The quantitative estimate of drug-likeness (QED) is 0.0412. The minimum Gasteiger partial charge on any atom is -0.481 e. The Morgan fingerprint density at radius 1 is 0.553 bits per heavy atom. The van der Waals surface area contributed by atoms with Crippen molar-refractivity contribution in [3.05, 3.63) is 18.2 Å². The molecule has 1 aromatic heterocycles. The summed E-state index contributed by atoms with van der Waals surface area (Å²) in [6, 6.07) is -2.46. The zero-order chi connectivity index (χ0) is 55.9. The smallest absolute Gasteiger partial charge is 0.326 e. The lowest BCUT2D eigenvalue weighted by molar-refractivity contribution is -0.142. The second kappa shape index (κ2) is 47.2. The highest BCUT2D eigenvalue weighted by molar-refractivity contribution is 5.88. The predicted octanol–water partition coefficient (Wildman–Crippen LogP) is 4.63. The van der Waals surface area contributed by atoms with E-state index in [1.165, 1.54) is 51.8 Å². The molecule has 0 bridgehead atoms. The lowest BCUT2D eigenvalue weighted by atomic mass is 9.99. The third-order valence-corrected chi connectivity index (χ3v) is 12.4. The number of aromatic amines is 1. The summed E-state index contributed by atoms with van der Waals surface area (Å²) >= 11 is 0. The summed E-state index contributed by atoms with van der Waals surface area (Å²) in [5.41, 5.74) is 6.78. The first-order chi connectivity index (χ1) is 36.7. The molecule has 1 rings (SSSR count). The van der Waals surface area contributed by atoms with Gasteiger partial charge in [0, 0.05) is 76.5 Å². The average molecular weight is 1080 g/mol. The molecule has 1 heterocycles. The van der Waals surface area contributed by atoms with Crippen LogP contribution in [0.1, 0.15) is 180 Å². The van der Waals surface area contributed by atoms with Crippen molar-refractivity contribution in [2.45, 2.75) is 198 Å². The number of rotatable bonds is 55. The number of aromatic nitrogens is 2. The number of carbonyl (C=O) groups is 9. The number of Topliss-reactive ketones (excluding diaryl/α,β-unsaturated/α-hetero) is 4. The molecule has 3 amide bonds. The molecule has 0 radical (unpaired) electrons. The molecule has 0 saturated carbocycles. The van der Waals surface area contributed by atoms with Crippen molar-refractivity contribution in [2.75, 3.05) is 72.5 Å². The molecule has 1 aromatic rings. The Hall–Kier alpha value is -5.00. The Morgan fingerprint density at radius 2 is 1.12 bits per heavy atom. The number of hydrogen-bond acceptors (Lipinski definition) is 16. The van der Waals surface area contributed by atoms with Gasteiger partial charge in [-0.25, -0.2) is 9.78 Å². The largest absolute Gasteiger partial charge is 0.481 e. The Bertz CT molecular complexity index is 1770. The molecule has 22 nitrogen and oxygen atoms in total. The van der Waals surface area contributed by atoms with E-state index in [1.54, 1.807) is 6.20 Å². The first-order valence-electron chi connectivity index (χ1n) is 27.8.